The van der Waals surface area contributed by atoms with E-state index in [4.69, 9.17) is 11.6 Å². The second kappa shape index (κ2) is 11.0. The first-order valence-electron chi connectivity index (χ1n) is 13.7. The highest BCUT2D eigenvalue weighted by Gasteiger charge is 2.36. The van der Waals surface area contributed by atoms with Crippen LogP contribution in [0.2, 0.25) is 5.02 Å². The van der Waals surface area contributed by atoms with Crippen LogP contribution in [-0.4, -0.2) is 34.8 Å². The van der Waals surface area contributed by atoms with Crippen LogP contribution < -0.4 is 0 Å². The van der Waals surface area contributed by atoms with Gasteiger partial charge in [0.2, 0.25) is 5.91 Å². The predicted molar refractivity (Wildman–Crippen MR) is 154 cm³/mol. The van der Waals surface area contributed by atoms with Crippen LogP contribution in [0.5, 0.6) is 0 Å². The van der Waals surface area contributed by atoms with E-state index in [0.717, 1.165) is 42.0 Å². The van der Waals surface area contributed by atoms with Crippen LogP contribution >= 0.6 is 11.6 Å². The molecule has 1 aliphatic heterocycles. The first kappa shape index (κ1) is 25.8. The molecular formula is C34H32ClFN2O. The zero-order valence-corrected chi connectivity index (χ0v) is 22.9. The monoisotopic (exact) mass is 538 g/mol. The first-order valence-corrected chi connectivity index (χ1v) is 14.0. The zero-order valence-electron chi connectivity index (χ0n) is 22.1. The largest absolute Gasteiger partial charge is 0.333 e. The smallest absolute Gasteiger partial charge is 0.237 e. The average molecular weight is 539 g/mol. The lowest BCUT2D eigenvalue weighted by Crippen LogP contribution is -2.48. The van der Waals surface area contributed by atoms with Gasteiger partial charge >= 0.3 is 0 Å². The van der Waals surface area contributed by atoms with Crippen LogP contribution in [0.1, 0.15) is 45.0 Å². The zero-order chi connectivity index (χ0) is 26.9. The van der Waals surface area contributed by atoms with Gasteiger partial charge in [0.15, 0.2) is 0 Å². The van der Waals surface area contributed by atoms with Crippen LogP contribution in [0.4, 0.5) is 4.39 Å². The third kappa shape index (κ3) is 5.11. The Bertz CT molecular complexity index is 1490. The van der Waals surface area contributed by atoms with E-state index in [1.807, 2.05) is 47.4 Å². The van der Waals surface area contributed by atoms with Crippen LogP contribution in [-0.2, 0) is 30.6 Å². The summed E-state index contributed by atoms with van der Waals surface area (Å²) in [7, 11) is 0. The van der Waals surface area contributed by atoms with Crippen LogP contribution in [0, 0.1) is 12.7 Å². The van der Waals surface area contributed by atoms with Gasteiger partial charge in [-0.05, 0) is 71.7 Å². The highest BCUT2D eigenvalue weighted by atomic mass is 35.5. The van der Waals surface area contributed by atoms with Gasteiger partial charge in [-0.2, -0.15) is 0 Å². The number of hydrogen-bond donors (Lipinski definition) is 0. The van der Waals surface area contributed by atoms with E-state index in [9.17, 15) is 9.18 Å². The number of carbonyl (C=O) groups excluding carboxylic acids is 1. The third-order valence-electron chi connectivity index (χ3n) is 8.36. The highest BCUT2D eigenvalue weighted by Crippen LogP contribution is 2.40. The van der Waals surface area contributed by atoms with Gasteiger partial charge < -0.3 is 4.90 Å². The van der Waals surface area contributed by atoms with E-state index in [1.54, 1.807) is 12.1 Å². The fourth-order valence-electron chi connectivity index (χ4n) is 6.35. The van der Waals surface area contributed by atoms with Gasteiger partial charge in [0.1, 0.15) is 5.82 Å². The maximum atomic E-state index is 14.8. The molecule has 0 radical (unpaired) electrons. The SMILES string of the molecule is Cc1ccccc1C1c2c(Cl)cccc2CCN1CC(=O)N(Cc1ccccc1F)C1Cc2ccccc2C1. The summed E-state index contributed by atoms with van der Waals surface area (Å²) in [6.45, 7) is 3.35. The van der Waals surface area contributed by atoms with Gasteiger partial charge in [-0.15, -0.1) is 0 Å². The molecule has 0 aromatic heterocycles. The van der Waals surface area contributed by atoms with Gasteiger partial charge in [0, 0.05) is 29.7 Å². The van der Waals surface area contributed by atoms with Gasteiger partial charge in [-0.1, -0.05) is 90.5 Å². The molecule has 0 fully saturated rings. The van der Waals surface area contributed by atoms with Crippen molar-refractivity contribution >= 4 is 17.5 Å². The van der Waals surface area contributed by atoms with Crippen molar-refractivity contribution in [2.24, 2.45) is 0 Å². The minimum Gasteiger partial charge on any atom is -0.333 e. The molecule has 6 rings (SSSR count). The van der Waals surface area contributed by atoms with Gasteiger partial charge in [-0.3, -0.25) is 9.69 Å². The lowest BCUT2D eigenvalue weighted by atomic mass is 9.86. The molecule has 0 saturated heterocycles. The summed E-state index contributed by atoms with van der Waals surface area (Å²) in [5.74, 6) is -0.257. The van der Waals surface area contributed by atoms with Crippen molar-refractivity contribution in [2.75, 3.05) is 13.1 Å². The lowest BCUT2D eigenvalue weighted by molar-refractivity contribution is -0.136. The molecule has 1 atom stereocenters. The van der Waals surface area contributed by atoms with Crippen molar-refractivity contribution in [3.05, 3.63) is 141 Å². The number of hydrogen-bond acceptors (Lipinski definition) is 2. The van der Waals surface area contributed by atoms with Crippen LogP contribution in [0.3, 0.4) is 0 Å². The summed E-state index contributed by atoms with van der Waals surface area (Å²) in [4.78, 5) is 18.4. The second-order valence-electron chi connectivity index (χ2n) is 10.7. The fraction of sp³-hybridized carbons (Fsp3) is 0.265. The molecule has 4 aromatic rings. The number of nitrogens with zero attached hydrogens (tertiary/aromatic N) is 2. The molecule has 0 bridgehead atoms. The number of halogens is 2. The third-order valence-corrected chi connectivity index (χ3v) is 8.69. The summed E-state index contributed by atoms with van der Waals surface area (Å²) in [6.07, 6.45) is 2.40. The normalized spacial score (nSPS) is 17.1. The van der Waals surface area contributed by atoms with Crippen molar-refractivity contribution < 1.29 is 9.18 Å². The van der Waals surface area contributed by atoms with Crippen molar-refractivity contribution in [1.82, 2.24) is 9.80 Å². The molecule has 1 heterocycles. The Morgan fingerprint density at radius 1 is 0.897 bits per heavy atom. The minimum absolute atomic E-state index is 0.00733. The minimum atomic E-state index is -0.276. The van der Waals surface area contributed by atoms with Crippen molar-refractivity contribution in [3.63, 3.8) is 0 Å². The Balaban J connectivity index is 1.34. The number of amides is 1. The van der Waals surface area contributed by atoms with Crippen molar-refractivity contribution in [3.8, 4) is 0 Å². The Kier molecular flexibility index (Phi) is 7.24. The Hall–Kier alpha value is -3.47. The summed E-state index contributed by atoms with van der Waals surface area (Å²) >= 11 is 6.82. The Labute approximate surface area is 234 Å². The molecule has 0 spiro atoms. The van der Waals surface area contributed by atoms with E-state index in [0.29, 0.717) is 5.56 Å². The van der Waals surface area contributed by atoms with Gasteiger partial charge in [0.25, 0.3) is 0 Å². The summed E-state index contributed by atoms with van der Waals surface area (Å²) in [5, 5.41) is 0.729. The molecular weight excluding hydrogens is 507 g/mol. The number of rotatable bonds is 6. The predicted octanol–water partition coefficient (Wildman–Crippen LogP) is 6.93. The topological polar surface area (TPSA) is 23.6 Å². The van der Waals surface area contributed by atoms with E-state index >= 15 is 0 Å². The second-order valence-corrected chi connectivity index (χ2v) is 11.1. The number of carbonyl (C=O) groups is 1. The fourth-order valence-corrected chi connectivity index (χ4v) is 6.65. The van der Waals surface area contributed by atoms with E-state index in [-0.39, 0.29) is 36.9 Å². The van der Waals surface area contributed by atoms with E-state index < -0.39 is 0 Å². The Morgan fingerprint density at radius 2 is 1.56 bits per heavy atom. The van der Waals surface area contributed by atoms with Gasteiger partial charge in [-0.25, -0.2) is 4.39 Å². The number of fused-ring (bicyclic) bond motifs is 2. The average Bonchev–Trinajstić information content (AvgIpc) is 3.37. The molecule has 0 saturated carbocycles. The molecule has 0 N–H and O–H groups in total. The summed E-state index contributed by atoms with van der Waals surface area (Å²) < 4.78 is 14.8. The molecule has 1 unspecified atom stereocenters. The van der Waals surface area contributed by atoms with Crippen molar-refractivity contribution in [2.45, 2.75) is 44.8 Å². The molecule has 39 heavy (non-hydrogen) atoms. The number of aryl methyl sites for hydroxylation is 1. The molecule has 1 amide bonds. The number of benzene rings is 4. The van der Waals surface area contributed by atoms with Crippen LogP contribution in [0.15, 0.2) is 91.0 Å². The summed E-state index contributed by atoms with van der Waals surface area (Å²) in [6, 6.07) is 29.5. The van der Waals surface area contributed by atoms with Crippen LogP contribution in [0.25, 0.3) is 0 Å². The lowest BCUT2D eigenvalue weighted by Gasteiger charge is -2.40. The molecule has 4 aromatic carbocycles. The maximum Gasteiger partial charge on any atom is 0.237 e. The van der Waals surface area contributed by atoms with E-state index in [1.165, 1.54) is 28.3 Å². The molecule has 1 aliphatic carbocycles. The quantitative estimate of drug-likeness (QED) is 0.266. The highest BCUT2D eigenvalue weighted by molar-refractivity contribution is 6.31. The molecule has 2 aliphatic rings. The molecule has 3 nitrogen and oxygen atoms in total. The first-order chi connectivity index (χ1) is 19.0. The molecule has 5 heteroatoms. The van der Waals surface area contributed by atoms with Gasteiger partial charge in [0.05, 0.1) is 12.6 Å². The molecule has 198 valence electrons. The van der Waals surface area contributed by atoms with Crippen molar-refractivity contribution in [1.29, 1.82) is 0 Å². The summed E-state index contributed by atoms with van der Waals surface area (Å²) in [5.41, 5.74) is 7.73. The maximum absolute atomic E-state index is 14.8. The Morgan fingerprint density at radius 3 is 2.31 bits per heavy atom. The standard InChI is InChI=1S/C34H32ClFN2O/c1-23-9-2-6-14-29(23)34-33-24(13-8-15-30(33)35)17-18-37(34)22-32(39)38(21-27-12-5-7-16-31(27)36)28-19-25-10-3-4-11-26(25)20-28/h2-16,28,34H,17-22H2,1H3. The van der Waals surface area contributed by atoms with E-state index in [2.05, 4.69) is 42.2 Å².